The van der Waals surface area contributed by atoms with E-state index in [9.17, 15) is 24.0 Å². The molecule has 0 aromatic heterocycles. The zero-order chi connectivity index (χ0) is 28.7. The number of alkyl carbamates (subject to hydrolysis) is 1. The second kappa shape index (κ2) is 11.1. The topological polar surface area (TPSA) is 148 Å². The number of ketones is 1. The number of carbonyl (C=O) groups is 5. The molecule has 3 saturated carbocycles. The highest BCUT2D eigenvalue weighted by Gasteiger charge is 2.69. The van der Waals surface area contributed by atoms with Crippen LogP contribution in [0.25, 0.3) is 0 Å². The maximum atomic E-state index is 14.1. The smallest absolute Gasteiger partial charge is 0.408 e. The van der Waals surface area contributed by atoms with Crippen LogP contribution in [-0.2, 0) is 23.9 Å². The summed E-state index contributed by atoms with van der Waals surface area (Å²) in [4.78, 5) is 66.6. The van der Waals surface area contributed by atoms with Crippen LogP contribution >= 0.6 is 0 Å². The van der Waals surface area contributed by atoms with Crippen LogP contribution < -0.4 is 16.4 Å². The number of hydrogen-bond donors (Lipinski definition) is 3. The molecule has 1 heterocycles. The van der Waals surface area contributed by atoms with Crippen molar-refractivity contribution >= 4 is 29.6 Å². The van der Waals surface area contributed by atoms with Gasteiger partial charge in [0.1, 0.15) is 17.7 Å². The summed E-state index contributed by atoms with van der Waals surface area (Å²) in [5.74, 6) is -2.06. The van der Waals surface area contributed by atoms with E-state index in [2.05, 4.69) is 24.5 Å². The van der Waals surface area contributed by atoms with E-state index in [4.69, 9.17) is 10.5 Å². The lowest BCUT2D eigenvalue weighted by Crippen LogP contribution is -2.59. The summed E-state index contributed by atoms with van der Waals surface area (Å²) >= 11 is 0. The van der Waals surface area contributed by atoms with Crippen molar-refractivity contribution in [2.24, 2.45) is 34.8 Å². The Morgan fingerprint density at radius 2 is 1.64 bits per heavy atom. The van der Waals surface area contributed by atoms with Gasteiger partial charge in [0.05, 0.1) is 6.04 Å². The molecule has 0 aromatic rings. The van der Waals surface area contributed by atoms with Gasteiger partial charge in [-0.15, -0.1) is 0 Å². The number of piperidine rings is 1. The Hall–Kier alpha value is -2.65. The number of nitrogens with zero attached hydrogens (tertiary/aromatic N) is 1. The van der Waals surface area contributed by atoms with Gasteiger partial charge in [-0.05, 0) is 75.5 Å². The Bertz CT molecular complexity index is 994. The number of likely N-dealkylation sites (tertiary alicyclic amines) is 1. The van der Waals surface area contributed by atoms with Crippen LogP contribution in [0.2, 0.25) is 0 Å². The molecule has 1 aliphatic heterocycles. The molecule has 3 aliphatic carbocycles. The summed E-state index contributed by atoms with van der Waals surface area (Å²) in [7, 11) is 0. The van der Waals surface area contributed by atoms with Crippen molar-refractivity contribution in [1.82, 2.24) is 15.5 Å². The molecular formula is C29H46N4O6. The van der Waals surface area contributed by atoms with Gasteiger partial charge >= 0.3 is 6.09 Å². The summed E-state index contributed by atoms with van der Waals surface area (Å²) in [5, 5.41) is 5.64. The second-order valence-corrected chi connectivity index (χ2v) is 13.7. The van der Waals surface area contributed by atoms with Crippen molar-refractivity contribution in [2.75, 3.05) is 6.54 Å². The fraction of sp³-hybridized carbons (Fsp3) is 0.828. The maximum Gasteiger partial charge on any atom is 0.408 e. The number of fused-ring (bicyclic) bond motifs is 1. The van der Waals surface area contributed by atoms with E-state index in [0.29, 0.717) is 18.9 Å². The Morgan fingerprint density at radius 1 is 1.00 bits per heavy atom. The quantitative estimate of drug-likeness (QED) is 0.359. The number of amides is 4. The summed E-state index contributed by atoms with van der Waals surface area (Å²) in [6.45, 7) is 9.89. The highest BCUT2D eigenvalue weighted by molar-refractivity contribution is 6.37. The van der Waals surface area contributed by atoms with Crippen LogP contribution in [0.3, 0.4) is 0 Å². The van der Waals surface area contributed by atoms with Crippen LogP contribution in [0.4, 0.5) is 4.79 Å². The number of rotatable bonds is 10. The molecule has 10 heteroatoms. The molecule has 3 unspecified atom stereocenters. The molecule has 5 atom stereocenters. The molecule has 39 heavy (non-hydrogen) atoms. The van der Waals surface area contributed by atoms with Gasteiger partial charge in [0.2, 0.25) is 17.6 Å². The number of nitrogens with one attached hydrogen (secondary N) is 2. The van der Waals surface area contributed by atoms with Crippen molar-refractivity contribution < 1.29 is 28.7 Å². The van der Waals surface area contributed by atoms with E-state index in [-0.39, 0.29) is 29.1 Å². The molecular weight excluding hydrogens is 500 g/mol. The zero-order valence-corrected chi connectivity index (χ0v) is 24.1. The average molecular weight is 547 g/mol. The summed E-state index contributed by atoms with van der Waals surface area (Å²) < 4.78 is 5.48. The predicted octanol–water partition coefficient (Wildman–Crippen LogP) is 2.67. The number of hydrogen-bond acceptors (Lipinski definition) is 6. The molecule has 4 N–H and O–H groups in total. The van der Waals surface area contributed by atoms with Crippen LogP contribution in [0.5, 0.6) is 0 Å². The van der Waals surface area contributed by atoms with E-state index < -0.39 is 47.4 Å². The molecule has 10 nitrogen and oxygen atoms in total. The van der Waals surface area contributed by atoms with Crippen molar-refractivity contribution in [3.8, 4) is 0 Å². The summed E-state index contributed by atoms with van der Waals surface area (Å²) in [6.07, 6.45) is 7.27. The summed E-state index contributed by atoms with van der Waals surface area (Å²) in [5.41, 5.74) is 4.45. The third-order valence-electron chi connectivity index (χ3n) is 9.26. The molecule has 0 aromatic carbocycles. The number of nitrogens with two attached hydrogens (primary N) is 1. The molecule has 0 bridgehead atoms. The van der Waals surface area contributed by atoms with Gasteiger partial charge in [-0.1, -0.05) is 46.0 Å². The van der Waals surface area contributed by atoms with Crippen LogP contribution in [0.15, 0.2) is 0 Å². The van der Waals surface area contributed by atoms with Crippen LogP contribution in [-0.4, -0.2) is 64.8 Å². The first-order valence-corrected chi connectivity index (χ1v) is 14.6. The number of carbonyl (C=O) groups excluding carboxylic acids is 5. The van der Waals surface area contributed by atoms with Crippen LogP contribution in [0.1, 0.15) is 92.4 Å². The van der Waals surface area contributed by atoms with E-state index >= 15 is 0 Å². The number of Topliss-reactive ketones (excluding diaryl/α,β-unsaturated/α-hetero) is 1. The minimum atomic E-state index is -1.07. The lowest BCUT2D eigenvalue weighted by Gasteiger charge is -2.37. The van der Waals surface area contributed by atoms with Crippen molar-refractivity contribution in [2.45, 2.75) is 116 Å². The Morgan fingerprint density at radius 3 is 2.21 bits per heavy atom. The third kappa shape index (κ3) is 6.74. The fourth-order valence-electron chi connectivity index (χ4n) is 6.78. The van der Waals surface area contributed by atoms with Crippen molar-refractivity contribution in [3.05, 3.63) is 0 Å². The Balaban J connectivity index is 1.54. The Labute approximate surface area is 231 Å². The molecule has 4 fully saturated rings. The standard InChI is InChI=1S/C29H46N4O6/c1-28(2,3)39-27(38)32-21(17-9-7-6-8-10-17)26(37)33-15-18-20(29(18,4)5)22(33)25(36)31-19(23(34)24(30)35)14-13-16-11-12-16/h16-22H,6-15H2,1-5H3,(H2,30,35)(H,31,36)(H,32,38)/t18?,19?,20?,21-,22-/m0/s1. The minimum Gasteiger partial charge on any atom is -0.444 e. The van der Waals surface area contributed by atoms with Gasteiger partial charge in [0, 0.05) is 6.54 Å². The maximum absolute atomic E-state index is 14.1. The summed E-state index contributed by atoms with van der Waals surface area (Å²) in [6, 6.07) is -2.58. The fourth-order valence-corrected chi connectivity index (χ4v) is 6.78. The molecule has 0 radical (unpaired) electrons. The number of primary amides is 1. The monoisotopic (exact) mass is 546 g/mol. The average Bonchev–Trinajstić information content (AvgIpc) is 3.71. The first-order valence-electron chi connectivity index (χ1n) is 14.6. The van der Waals surface area contributed by atoms with E-state index in [1.807, 2.05) is 0 Å². The van der Waals surface area contributed by atoms with Crippen molar-refractivity contribution in [3.63, 3.8) is 0 Å². The minimum absolute atomic E-state index is 0.0462. The second-order valence-electron chi connectivity index (χ2n) is 13.7. The lowest BCUT2D eigenvalue weighted by molar-refractivity contribution is -0.144. The molecule has 4 amide bonds. The molecule has 4 rings (SSSR count). The first kappa shape index (κ1) is 29.3. The van der Waals surface area contributed by atoms with Gasteiger partial charge in [-0.3, -0.25) is 19.2 Å². The molecule has 1 saturated heterocycles. The van der Waals surface area contributed by atoms with Gasteiger partial charge in [0.15, 0.2) is 0 Å². The van der Waals surface area contributed by atoms with E-state index in [1.54, 1.807) is 25.7 Å². The predicted molar refractivity (Wildman–Crippen MR) is 144 cm³/mol. The van der Waals surface area contributed by atoms with Gasteiger partial charge in [-0.25, -0.2) is 4.79 Å². The van der Waals surface area contributed by atoms with E-state index in [1.165, 1.54) is 0 Å². The van der Waals surface area contributed by atoms with Crippen LogP contribution in [0, 0.1) is 29.1 Å². The zero-order valence-electron chi connectivity index (χ0n) is 24.1. The lowest BCUT2D eigenvalue weighted by atomic mass is 9.83. The van der Waals surface area contributed by atoms with E-state index in [0.717, 1.165) is 51.4 Å². The number of ether oxygens (including phenoxy) is 1. The highest BCUT2D eigenvalue weighted by Crippen LogP contribution is 2.65. The van der Waals surface area contributed by atoms with Gasteiger partial charge < -0.3 is 26.0 Å². The molecule has 0 spiro atoms. The van der Waals surface area contributed by atoms with Crippen molar-refractivity contribution in [1.29, 1.82) is 0 Å². The largest absolute Gasteiger partial charge is 0.444 e. The molecule has 218 valence electrons. The Kier molecular flexibility index (Phi) is 8.34. The first-order chi connectivity index (χ1) is 18.2. The third-order valence-corrected chi connectivity index (χ3v) is 9.26. The SMILES string of the molecule is CC(C)(C)OC(=O)N[C@H](C(=O)N1CC2C([C@H]1C(=O)NC(CCC1CC1)C(=O)C(N)=O)C2(C)C)C1CCCCC1. The normalized spacial score (nSPS) is 27.6. The highest BCUT2D eigenvalue weighted by atomic mass is 16.6. The van der Waals surface area contributed by atoms with Gasteiger partial charge in [-0.2, -0.15) is 0 Å². The van der Waals surface area contributed by atoms with Gasteiger partial charge in [0.25, 0.3) is 5.91 Å². The molecule has 4 aliphatic rings.